The summed E-state index contributed by atoms with van der Waals surface area (Å²) in [6, 6.07) is 29.8. The molecule has 3 aromatic rings. The SMILES string of the molecule is C1=CCC=CC(N(c2ccccc2)c2ccc(-c3ccccc3)cc2)=C1. The Labute approximate surface area is 155 Å². The summed E-state index contributed by atoms with van der Waals surface area (Å²) >= 11 is 0. The third kappa shape index (κ3) is 3.52. The standard InChI is InChI=1S/C25H21N/c1-2-8-14-23(13-7-1)26(24-15-9-4-10-16-24)25-19-17-22(18-20-25)21-11-5-3-6-12-21/h1,3-20H,2H2. The van der Waals surface area contributed by atoms with E-state index in [0.29, 0.717) is 0 Å². The summed E-state index contributed by atoms with van der Waals surface area (Å²) in [6.07, 6.45) is 11.8. The van der Waals surface area contributed by atoms with E-state index < -0.39 is 0 Å². The van der Waals surface area contributed by atoms with Gasteiger partial charge in [0.25, 0.3) is 0 Å². The van der Waals surface area contributed by atoms with Gasteiger partial charge in [0, 0.05) is 17.1 Å². The second kappa shape index (κ2) is 7.71. The second-order valence-corrected chi connectivity index (χ2v) is 6.24. The van der Waals surface area contributed by atoms with E-state index in [-0.39, 0.29) is 0 Å². The highest BCUT2D eigenvalue weighted by molar-refractivity contribution is 5.73. The quantitative estimate of drug-likeness (QED) is 0.501. The van der Waals surface area contributed by atoms with Crippen molar-refractivity contribution in [2.45, 2.75) is 6.42 Å². The van der Waals surface area contributed by atoms with E-state index in [0.717, 1.165) is 23.5 Å². The lowest BCUT2D eigenvalue weighted by atomic mass is 10.0. The van der Waals surface area contributed by atoms with Crippen LogP contribution in [0.3, 0.4) is 0 Å². The largest absolute Gasteiger partial charge is 0.311 e. The van der Waals surface area contributed by atoms with Gasteiger partial charge in [-0.15, -0.1) is 0 Å². The summed E-state index contributed by atoms with van der Waals surface area (Å²) in [4.78, 5) is 2.29. The van der Waals surface area contributed by atoms with Crippen LogP contribution in [-0.2, 0) is 0 Å². The minimum absolute atomic E-state index is 0.968. The maximum absolute atomic E-state index is 2.29. The molecule has 0 bridgehead atoms. The van der Waals surface area contributed by atoms with Crippen LogP contribution >= 0.6 is 0 Å². The van der Waals surface area contributed by atoms with E-state index in [1.807, 2.05) is 6.07 Å². The summed E-state index contributed by atoms with van der Waals surface area (Å²) in [6.45, 7) is 0. The Morgan fingerprint density at radius 1 is 0.577 bits per heavy atom. The van der Waals surface area contributed by atoms with Gasteiger partial charge in [0.05, 0.1) is 0 Å². The molecule has 4 rings (SSSR count). The number of rotatable bonds is 4. The molecule has 1 heteroatoms. The molecule has 126 valence electrons. The first-order chi connectivity index (χ1) is 12.9. The fourth-order valence-corrected chi connectivity index (χ4v) is 3.18. The van der Waals surface area contributed by atoms with Crippen molar-refractivity contribution in [2.75, 3.05) is 4.90 Å². The predicted octanol–water partition coefficient (Wildman–Crippen LogP) is 6.89. The molecule has 0 N–H and O–H groups in total. The minimum atomic E-state index is 0.968. The van der Waals surface area contributed by atoms with Crippen molar-refractivity contribution in [3.05, 3.63) is 121 Å². The van der Waals surface area contributed by atoms with Crippen LogP contribution in [0.1, 0.15) is 6.42 Å². The van der Waals surface area contributed by atoms with Crippen molar-refractivity contribution in [3.8, 4) is 11.1 Å². The molecule has 0 amide bonds. The predicted molar refractivity (Wildman–Crippen MR) is 111 cm³/mol. The van der Waals surface area contributed by atoms with Crippen molar-refractivity contribution in [2.24, 2.45) is 0 Å². The van der Waals surface area contributed by atoms with Crippen LogP contribution in [0.15, 0.2) is 121 Å². The van der Waals surface area contributed by atoms with E-state index >= 15 is 0 Å². The van der Waals surface area contributed by atoms with Gasteiger partial charge < -0.3 is 4.90 Å². The molecular formula is C25H21N. The molecule has 26 heavy (non-hydrogen) atoms. The van der Waals surface area contributed by atoms with Crippen molar-refractivity contribution < 1.29 is 0 Å². The summed E-state index contributed by atoms with van der Waals surface area (Å²) < 4.78 is 0. The third-order valence-corrected chi connectivity index (χ3v) is 4.47. The molecule has 3 aromatic carbocycles. The van der Waals surface area contributed by atoms with Gasteiger partial charge in [0.2, 0.25) is 0 Å². The van der Waals surface area contributed by atoms with Crippen LogP contribution in [0.25, 0.3) is 11.1 Å². The normalized spacial score (nSPS) is 13.2. The van der Waals surface area contributed by atoms with E-state index in [2.05, 4.69) is 114 Å². The first-order valence-corrected chi connectivity index (χ1v) is 8.96. The van der Waals surface area contributed by atoms with E-state index in [1.165, 1.54) is 11.1 Å². The number of nitrogens with zero attached hydrogens (tertiary/aromatic N) is 1. The van der Waals surface area contributed by atoms with Crippen LogP contribution < -0.4 is 4.90 Å². The first kappa shape index (κ1) is 16.2. The van der Waals surface area contributed by atoms with Crippen LogP contribution in [0.2, 0.25) is 0 Å². The smallest absolute Gasteiger partial charge is 0.0462 e. The lowest BCUT2D eigenvalue weighted by molar-refractivity contribution is 1.21. The van der Waals surface area contributed by atoms with Gasteiger partial charge in [-0.05, 0) is 54.0 Å². The molecule has 0 radical (unpaired) electrons. The molecule has 0 aromatic heterocycles. The molecule has 1 aliphatic carbocycles. The van der Waals surface area contributed by atoms with Gasteiger partial charge in [-0.3, -0.25) is 0 Å². The molecule has 0 heterocycles. The molecule has 0 spiro atoms. The molecule has 1 aliphatic rings. The van der Waals surface area contributed by atoms with Gasteiger partial charge >= 0.3 is 0 Å². The maximum Gasteiger partial charge on any atom is 0.0462 e. The average molecular weight is 335 g/mol. The number of hydrogen-bond acceptors (Lipinski definition) is 1. The number of anilines is 2. The van der Waals surface area contributed by atoms with Crippen molar-refractivity contribution in [1.82, 2.24) is 0 Å². The van der Waals surface area contributed by atoms with E-state index in [4.69, 9.17) is 0 Å². The van der Waals surface area contributed by atoms with Gasteiger partial charge in [-0.1, -0.05) is 78.9 Å². The van der Waals surface area contributed by atoms with E-state index in [9.17, 15) is 0 Å². The highest BCUT2D eigenvalue weighted by atomic mass is 15.1. The summed E-state index contributed by atoms with van der Waals surface area (Å²) in [5.74, 6) is 0. The molecule has 0 fully saturated rings. The summed E-state index contributed by atoms with van der Waals surface area (Å²) in [5, 5.41) is 0. The van der Waals surface area contributed by atoms with Crippen LogP contribution in [-0.4, -0.2) is 0 Å². The van der Waals surface area contributed by atoms with Crippen molar-refractivity contribution in [3.63, 3.8) is 0 Å². The van der Waals surface area contributed by atoms with Crippen LogP contribution in [0.4, 0.5) is 11.4 Å². The topological polar surface area (TPSA) is 3.24 Å². The monoisotopic (exact) mass is 335 g/mol. The number of para-hydroxylation sites is 1. The van der Waals surface area contributed by atoms with E-state index in [1.54, 1.807) is 0 Å². The van der Waals surface area contributed by atoms with Gasteiger partial charge in [-0.2, -0.15) is 0 Å². The Kier molecular flexibility index (Phi) is 4.79. The second-order valence-electron chi connectivity index (χ2n) is 6.24. The van der Waals surface area contributed by atoms with Crippen LogP contribution in [0.5, 0.6) is 0 Å². The fraction of sp³-hybridized carbons (Fsp3) is 0.0400. The number of allylic oxidation sites excluding steroid dienone is 5. The fourth-order valence-electron chi connectivity index (χ4n) is 3.18. The Morgan fingerprint density at radius 3 is 1.92 bits per heavy atom. The van der Waals surface area contributed by atoms with Gasteiger partial charge in [-0.25, -0.2) is 0 Å². The zero-order valence-electron chi connectivity index (χ0n) is 14.6. The Hall–Kier alpha value is -3.32. The van der Waals surface area contributed by atoms with Crippen LogP contribution in [0, 0.1) is 0 Å². The highest BCUT2D eigenvalue weighted by Gasteiger charge is 2.13. The Balaban J connectivity index is 1.75. The van der Waals surface area contributed by atoms with Gasteiger partial charge in [0.1, 0.15) is 0 Å². The molecule has 1 nitrogen and oxygen atoms in total. The maximum atomic E-state index is 2.29. The lowest BCUT2D eigenvalue weighted by Crippen LogP contribution is -2.14. The highest BCUT2D eigenvalue weighted by Crippen LogP contribution is 2.32. The zero-order valence-corrected chi connectivity index (χ0v) is 14.6. The molecular weight excluding hydrogens is 314 g/mol. The molecule has 0 atom stereocenters. The average Bonchev–Trinajstić information content (AvgIpc) is 3.00. The third-order valence-electron chi connectivity index (χ3n) is 4.47. The zero-order chi connectivity index (χ0) is 17.6. The molecule has 0 aliphatic heterocycles. The van der Waals surface area contributed by atoms with Crippen molar-refractivity contribution in [1.29, 1.82) is 0 Å². The minimum Gasteiger partial charge on any atom is -0.311 e. The Bertz CT molecular complexity index is 932. The summed E-state index contributed by atoms with van der Waals surface area (Å²) in [7, 11) is 0. The molecule has 0 saturated heterocycles. The van der Waals surface area contributed by atoms with Crippen molar-refractivity contribution >= 4 is 11.4 Å². The lowest BCUT2D eigenvalue weighted by Gasteiger charge is -2.26. The number of benzene rings is 3. The first-order valence-electron chi connectivity index (χ1n) is 8.96. The Morgan fingerprint density at radius 2 is 1.19 bits per heavy atom. The molecule has 0 saturated carbocycles. The molecule has 0 unspecified atom stereocenters. The summed E-state index contributed by atoms with van der Waals surface area (Å²) in [5.41, 5.74) is 5.94. The van der Waals surface area contributed by atoms with Gasteiger partial charge in [0.15, 0.2) is 0 Å². The number of hydrogen-bond donors (Lipinski definition) is 0.